The molecule has 2 atom stereocenters. The number of carbonyl (C=O) groups is 2. The number of imide groups is 1. The van der Waals surface area contributed by atoms with Gasteiger partial charge in [0.25, 0.3) is 0 Å². The molecule has 0 radical (unpaired) electrons. The Bertz CT molecular complexity index is 955. The topological polar surface area (TPSA) is 89.5 Å². The maximum atomic E-state index is 14.1. The molecule has 0 unspecified atom stereocenters. The van der Waals surface area contributed by atoms with Crippen molar-refractivity contribution in [3.8, 4) is 5.75 Å². The van der Waals surface area contributed by atoms with E-state index >= 15 is 0 Å². The first-order valence-corrected chi connectivity index (χ1v) is 13.2. The minimum Gasteiger partial charge on any atom is -0.490 e. The molecule has 1 aliphatic heterocycles. The molecule has 32 heavy (non-hydrogen) atoms. The highest BCUT2D eigenvalue weighted by Crippen LogP contribution is 2.32. The monoisotopic (exact) mass is 465 g/mol. The van der Waals surface area contributed by atoms with Crippen molar-refractivity contribution < 1.29 is 27.1 Å². The fourth-order valence-corrected chi connectivity index (χ4v) is 5.51. The van der Waals surface area contributed by atoms with E-state index in [9.17, 15) is 22.4 Å². The Morgan fingerprint density at radius 2 is 2.00 bits per heavy atom. The quantitative estimate of drug-likeness (QED) is 0.373. The molecule has 2 fully saturated rings. The third-order valence-electron chi connectivity index (χ3n) is 6.08. The minimum atomic E-state index is -3.31. The number of piperidine rings is 1. The lowest BCUT2D eigenvalue weighted by molar-refractivity contribution is -0.136. The number of halogens is 1. The van der Waals surface area contributed by atoms with Crippen LogP contribution in [0.5, 0.6) is 5.75 Å². The predicted molar refractivity (Wildman–Crippen MR) is 121 cm³/mol. The summed E-state index contributed by atoms with van der Waals surface area (Å²) in [6.07, 6.45) is 8.17. The summed E-state index contributed by atoms with van der Waals surface area (Å²) in [6, 6.07) is 4.63. The molecule has 0 aromatic heterocycles. The zero-order valence-corrected chi connectivity index (χ0v) is 19.3. The number of benzene rings is 1. The molecule has 1 aromatic rings. The smallest absolute Gasteiger partial charge is 0.229 e. The first-order valence-electron chi connectivity index (χ1n) is 11.4. The number of ether oxygens (including phenoxy) is 1. The van der Waals surface area contributed by atoms with Crippen molar-refractivity contribution in [3.63, 3.8) is 0 Å². The summed E-state index contributed by atoms with van der Waals surface area (Å²) in [4.78, 5) is 22.9. The molecular formula is C24H32FNO5S. The number of sulfone groups is 1. The zero-order chi connectivity index (χ0) is 23.1. The minimum absolute atomic E-state index is 0.00181. The van der Waals surface area contributed by atoms with Crippen LogP contribution in [0.1, 0.15) is 63.4 Å². The lowest BCUT2D eigenvalue weighted by Crippen LogP contribution is -2.40. The molecular weight excluding hydrogens is 433 g/mol. The number of hydrogen-bond acceptors (Lipinski definition) is 5. The molecule has 2 amide bonds. The van der Waals surface area contributed by atoms with Gasteiger partial charge in [-0.3, -0.25) is 14.9 Å². The van der Waals surface area contributed by atoms with Gasteiger partial charge in [0.1, 0.15) is 0 Å². The summed E-state index contributed by atoms with van der Waals surface area (Å²) in [6.45, 7) is 2.43. The van der Waals surface area contributed by atoms with Crippen molar-refractivity contribution in [1.82, 2.24) is 5.32 Å². The molecule has 1 heterocycles. The van der Waals surface area contributed by atoms with Crippen molar-refractivity contribution in [2.24, 2.45) is 11.8 Å². The molecule has 8 heteroatoms. The van der Waals surface area contributed by atoms with Crippen LogP contribution >= 0.6 is 0 Å². The van der Waals surface area contributed by atoms with Crippen molar-refractivity contribution in [3.05, 3.63) is 41.7 Å². The van der Waals surface area contributed by atoms with Crippen LogP contribution in [0.15, 0.2) is 30.4 Å². The van der Waals surface area contributed by atoms with Gasteiger partial charge in [-0.1, -0.05) is 25.1 Å². The average Bonchev–Trinajstić information content (AvgIpc) is 3.57. The van der Waals surface area contributed by atoms with Crippen molar-refractivity contribution in [2.45, 2.75) is 57.8 Å². The van der Waals surface area contributed by atoms with Gasteiger partial charge in [0.15, 0.2) is 21.4 Å². The molecule has 1 aliphatic carbocycles. The molecule has 0 bridgehead atoms. The van der Waals surface area contributed by atoms with E-state index < -0.39 is 15.7 Å². The van der Waals surface area contributed by atoms with Crippen LogP contribution in [0.2, 0.25) is 0 Å². The van der Waals surface area contributed by atoms with Crippen molar-refractivity contribution in [2.75, 3.05) is 18.1 Å². The number of rotatable bonds is 12. The van der Waals surface area contributed by atoms with Crippen LogP contribution in [0.25, 0.3) is 0 Å². The number of allylic oxidation sites excluding steroid dienone is 2. The summed E-state index contributed by atoms with van der Waals surface area (Å²) >= 11 is 0. The normalized spacial score (nSPS) is 20.4. The third kappa shape index (κ3) is 7.43. The van der Waals surface area contributed by atoms with Crippen LogP contribution in [0, 0.1) is 17.7 Å². The van der Waals surface area contributed by atoms with Crippen LogP contribution in [-0.4, -0.2) is 38.3 Å². The summed E-state index contributed by atoms with van der Waals surface area (Å²) in [5.41, 5.74) is 0.775. The maximum Gasteiger partial charge on any atom is 0.229 e. The maximum absolute atomic E-state index is 14.1. The Balaban J connectivity index is 1.50. The fraction of sp³-hybridized carbons (Fsp3) is 0.583. The first kappa shape index (κ1) is 24.4. The third-order valence-corrected chi connectivity index (χ3v) is 7.85. The van der Waals surface area contributed by atoms with Gasteiger partial charge in [-0.05, 0) is 68.1 Å². The highest BCUT2D eigenvalue weighted by atomic mass is 32.2. The molecule has 1 saturated carbocycles. The second-order valence-corrected chi connectivity index (χ2v) is 11.0. The summed E-state index contributed by atoms with van der Waals surface area (Å²) in [7, 11) is -3.31. The highest BCUT2D eigenvalue weighted by molar-refractivity contribution is 7.91. The van der Waals surface area contributed by atoms with E-state index in [1.807, 2.05) is 13.0 Å². The lowest BCUT2D eigenvalue weighted by atomic mass is 9.95. The van der Waals surface area contributed by atoms with Crippen LogP contribution in [-0.2, 0) is 19.4 Å². The SMILES string of the molecule is CC[C@@H](CS(=O)(=O)CC/C=C/C[C@H]1CCC(=O)NC1=O)c1ccc(F)c(OCC2CC2)c1. The Hall–Kier alpha value is -2.22. The second-order valence-electron chi connectivity index (χ2n) is 8.81. The summed E-state index contributed by atoms with van der Waals surface area (Å²) in [5, 5.41) is 2.32. The van der Waals surface area contributed by atoms with E-state index in [1.54, 1.807) is 18.2 Å². The highest BCUT2D eigenvalue weighted by Gasteiger charge is 2.26. The van der Waals surface area contributed by atoms with Gasteiger partial charge in [-0.25, -0.2) is 12.8 Å². The van der Waals surface area contributed by atoms with Gasteiger partial charge in [0.2, 0.25) is 11.8 Å². The largest absolute Gasteiger partial charge is 0.490 e. The molecule has 1 saturated heterocycles. The van der Waals surface area contributed by atoms with Crippen molar-refractivity contribution in [1.29, 1.82) is 0 Å². The Labute approximate surface area is 189 Å². The Kier molecular flexibility index (Phi) is 8.45. The van der Waals surface area contributed by atoms with E-state index in [0.29, 0.717) is 44.6 Å². The number of amides is 2. The number of hydrogen-bond donors (Lipinski definition) is 1. The van der Waals surface area contributed by atoms with Gasteiger partial charge in [-0.15, -0.1) is 0 Å². The van der Waals surface area contributed by atoms with E-state index in [4.69, 9.17) is 4.74 Å². The number of nitrogens with one attached hydrogen (secondary N) is 1. The van der Waals surface area contributed by atoms with Crippen LogP contribution in [0.3, 0.4) is 0 Å². The van der Waals surface area contributed by atoms with E-state index in [1.165, 1.54) is 6.07 Å². The zero-order valence-electron chi connectivity index (χ0n) is 18.5. The van der Waals surface area contributed by atoms with Crippen LogP contribution < -0.4 is 10.1 Å². The van der Waals surface area contributed by atoms with Gasteiger partial charge in [-0.2, -0.15) is 0 Å². The Morgan fingerprint density at radius 1 is 1.22 bits per heavy atom. The molecule has 3 rings (SSSR count). The van der Waals surface area contributed by atoms with E-state index in [2.05, 4.69) is 5.32 Å². The van der Waals surface area contributed by atoms with Gasteiger partial charge >= 0.3 is 0 Å². The second kappa shape index (κ2) is 11.1. The summed E-state index contributed by atoms with van der Waals surface area (Å²) < 4.78 is 45.0. The molecule has 176 valence electrons. The van der Waals surface area contributed by atoms with Gasteiger partial charge in [0.05, 0.1) is 18.1 Å². The first-order chi connectivity index (χ1) is 15.3. The van der Waals surface area contributed by atoms with E-state index in [0.717, 1.165) is 18.4 Å². The molecule has 1 N–H and O–H groups in total. The molecule has 2 aliphatic rings. The van der Waals surface area contributed by atoms with Crippen LogP contribution in [0.4, 0.5) is 4.39 Å². The lowest BCUT2D eigenvalue weighted by Gasteiger charge is -2.19. The van der Waals surface area contributed by atoms with E-state index in [-0.39, 0.29) is 40.9 Å². The predicted octanol–water partition coefficient (Wildman–Crippen LogP) is 3.91. The number of carbonyl (C=O) groups excluding carboxylic acids is 2. The standard InChI is InChI=1S/C24H32FNO5S/c1-2-18(20-9-11-21(25)22(14-20)31-15-17-7-8-17)16-32(29,30)13-5-3-4-6-19-10-12-23(27)26-24(19)28/h3-4,9,11,14,17-19H,2,5-8,10,12-13,15-16H2,1H3,(H,26,27,28)/b4-3+/t18-,19-/m0/s1. The van der Waals surface area contributed by atoms with Gasteiger partial charge in [0, 0.05) is 12.3 Å². The van der Waals surface area contributed by atoms with Gasteiger partial charge < -0.3 is 4.74 Å². The summed E-state index contributed by atoms with van der Waals surface area (Å²) in [5.74, 6) is -0.673. The molecule has 1 aromatic carbocycles. The van der Waals surface area contributed by atoms with Crippen molar-refractivity contribution >= 4 is 21.7 Å². The Morgan fingerprint density at radius 3 is 2.69 bits per heavy atom. The fourth-order valence-electron chi connectivity index (χ4n) is 3.81. The molecule has 6 nitrogen and oxygen atoms in total. The molecule has 0 spiro atoms. The average molecular weight is 466 g/mol.